The molecule has 2 unspecified atom stereocenters. The summed E-state index contributed by atoms with van der Waals surface area (Å²) in [4.78, 5) is 1.68. The van der Waals surface area contributed by atoms with E-state index in [0.29, 0.717) is 18.7 Å². The van der Waals surface area contributed by atoms with E-state index >= 15 is 0 Å². The first-order valence-corrected chi connectivity index (χ1v) is 7.23. The highest BCUT2D eigenvalue weighted by Crippen LogP contribution is 2.27. The maximum Gasteiger partial charge on any atom is 0.131 e. The van der Waals surface area contributed by atoms with Crippen LogP contribution >= 0.6 is 0 Å². The van der Waals surface area contributed by atoms with Crippen molar-refractivity contribution in [1.82, 2.24) is 4.90 Å². The van der Waals surface area contributed by atoms with Gasteiger partial charge in [0, 0.05) is 27.9 Å². The minimum atomic E-state index is -1.85. The second-order valence-electron chi connectivity index (χ2n) is 6.69. The van der Waals surface area contributed by atoms with Crippen molar-refractivity contribution in [3.05, 3.63) is 35.1 Å². The molecule has 2 nitrogen and oxygen atoms in total. The molecule has 0 aromatic heterocycles. The van der Waals surface area contributed by atoms with Gasteiger partial charge in [-0.2, -0.15) is 0 Å². The summed E-state index contributed by atoms with van der Waals surface area (Å²) >= 11 is 0. The van der Waals surface area contributed by atoms with Crippen molar-refractivity contribution in [2.24, 2.45) is 0 Å². The molecule has 0 saturated carbocycles. The molecule has 0 aliphatic carbocycles. The fourth-order valence-corrected chi connectivity index (χ4v) is 2.64. The van der Waals surface area contributed by atoms with Gasteiger partial charge in [0.2, 0.25) is 0 Å². The van der Waals surface area contributed by atoms with E-state index in [1.54, 1.807) is 23.1 Å². The lowest BCUT2D eigenvalue weighted by Gasteiger charge is -2.35. The highest BCUT2D eigenvalue weighted by atomic mass is 19.1. The van der Waals surface area contributed by atoms with Gasteiger partial charge in [0.25, 0.3) is 0 Å². The van der Waals surface area contributed by atoms with E-state index in [2.05, 4.69) is 0 Å². The normalized spacial score (nSPS) is 27.1. The first-order chi connectivity index (χ1) is 10.0. The molecule has 112 valence electrons. The summed E-state index contributed by atoms with van der Waals surface area (Å²) in [5.74, 6) is -0.438. The van der Waals surface area contributed by atoms with Crippen LogP contribution < -0.4 is 0 Å². The van der Waals surface area contributed by atoms with Gasteiger partial charge < -0.3 is 4.74 Å². The molecular formula is C17H26FNO. The van der Waals surface area contributed by atoms with Crippen molar-refractivity contribution in [1.29, 1.82) is 0 Å². The molecule has 0 bridgehead atoms. The molecule has 3 heteroatoms. The van der Waals surface area contributed by atoms with Crippen LogP contribution in [0.3, 0.4) is 0 Å². The summed E-state index contributed by atoms with van der Waals surface area (Å²) in [6, 6.07) is 5.03. The van der Waals surface area contributed by atoms with Crippen molar-refractivity contribution in [3.63, 3.8) is 0 Å². The van der Waals surface area contributed by atoms with E-state index in [9.17, 15) is 4.39 Å². The van der Waals surface area contributed by atoms with Crippen LogP contribution in [-0.4, -0.2) is 30.2 Å². The predicted octanol–water partition coefficient (Wildman–Crippen LogP) is 3.73. The Balaban J connectivity index is 2.41. The van der Waals surface area contributed by atoms with E-state index in [1.807, 2.05) is 34.6 Å². The molecule has 1 fully saturated rings. The third-order valence-corrected chi connectivity index (χ3v) is 3.50. The molecule has 1 aliphatic heterocycles. The third-order valence-electron chi connectivity index (χ3n) is 3.50. The lowest BCUT2D eigenvalue weighted by Crippen LogP contribution is -2.45. The SMILES string of the molecule is [2H]C([2H])(c1cccc(C(C)(C)C)c1F)N1CC(C)OC(C)C1. The highest BCUT2D eigenvalue weighted by Gasteiger charge is 2.25. The number of benzene rings is 1. The van der Waals surface area contributed by atoms with Crippen LogP contribution in [0.2, 0.25) is 0 Å². The van der Waals surface area contributed by atoms with Gasteiger partial charge in [0.15, 0.2) is 0 Å². The van der Waals surface area contributed by atoms with E-state index in [4.69, 9.17) is 7.48 Å². The fourth-order valence-electron chi connectivity index (χ4n) is 2.64. The van der Waals surface area contributed by atoms with Gasteiger partial charge in [0.1, 0.15) is 5.82 Å². The fraction of sp³-hybridized carbons (Fsp3) is 0.647. The van der Waals surface area contributed by atoms with Crippen molar-refractivity contribution in [3.8, 4) is 0 Å². The second kappa shape index (κ2) is 5.82. The van der Waals surface area contributed by atoms with E-state index in [-0.39, 0.29) is 23.2 Å². The predicted molar refractivity (Wildman–Crippen MR) is 80.4 cm³/mol. The number of hydrogen-bond donors (Lipinski definition) is 0. The first-order valence-electron chi connectivity index (χ1n) is 8.23. The van der Waals surface area contributed by atoms with Crippen LogP contribution in [0.1, 0.15) is 48.5 Å². The number of ether oxygens (including phenoxy) is 1. The van der Waals surface area contributed by atoms with E-state index < -0.39 is 12.3 Å². The van der Waals surface area contributed by atoms with Crippen LogP contribution in [0.5, 0.6) is 0 Å². The van der Waals surface area contributed by atoms with Crippen LogP contribution in [0.15, 0.2) is 18.2 Å². The van der Waals surface area contributed by atoms with Crippen LogP contribution in [0, 0.1) is 5.82 Å². The lowest BCUT2D eigenvalue weighted by molar-refractivity contribution is -0.0707. The summed E-state index contributed by atoms with van der Waals surface area (Å²) in [6.07, 6.45) is -0.125. The number of morpholine rings is 1. The minimum absolute atomic E-state index is 0.0623. The Morgan fingerprint density at radius 3 is 2.45 bits per heavy atom. The zero-order chi connectivity index (χ0) is 16.7. The number of nitrogens with zero attached hydrogens (tertiary/aromatic N) is 1. The van der Waals surface area contributed by atoms with E-state index in [0.717, 1.165) is 0 Å². The Morgan fingerprint density at radius 1 is 1.30 bits per heavy atom. The first kappa shape index (κ1) is 12.8. The average Bonchev–Trinajstić information content (AvgIpc) is 2.36. The monoisotopic (exact) mass is 281 g/mol. The van der Waals surface area contributed by atoms with Gasteiger partial charge in [-0.25, -0.2) is 4.39 Å². The highest BCUT2D eigenvalue weighted by molar-refractivity contribution is 5.31. The maximum atomic E-state index is 14.9. The van der Waals surface area contributed by atoms with Crippen molar-refractivity contribution in [2.45, 2.75) is 58.7 Å². The van der Waals surface area contributed by atoms with Gasteiger partial charge in [-0.05, 0) is 24.8 Å². The molecule has 0 spiro atoms. The molecule has 0 N–H and O–H groups in total. The summed E-state index contributed by atoms with van der Waals surface area (Å²) in [6.45, 7) is 8.70. The van der Waals surface area contributed by atoms with Gasteiger partial charge >= 0.3 is 0 Å². The number of rotatable bonds is 2. The van der Waals surface area contributed by atoms with Crippen molar-refractivity contribution in [2.75, 3.05) is 13.1 Å². The molecule has 1 aromatic carbocycles. The molecule has 0 amide bonds. The van der Waals surface area contributed by atoms with Gasteiger partial charge in [-0.1, -0.05) is 39.0 Å². The molecule has 2 atom stereocenters. The summed E-state index contributed by atoms with van der Waals surface area (Å²) < 4.78 is 37.5. The molecule has 1 aromatic rings. The van der Waals surface area contributed by atoms with Crippen molar-refractivity contribution >= 4 is 0 Å². The smallest absolute Gasteiger partial charge is 0.131 e. The van der Waals surface area contributed by atoms with Crippen LogP contribution in [-0.2, 0) is 16.6 Å². The van der Waals surface area contributed by atoms with E-state index in [1.165, 1.54) is 0 Å². The van der Waals surface area contributed by atoms with Gasteiger partial charge in [-0.15, -0.1) is 0 Å². The Kier molecular flexibility index (Phi) is 3.72. The standard InChI is InChI=1S/C17H26FNO/c1-12-9-19(10-13(2)20-12)11-14-7-6-8-15(16(14)18)17(3,4)5/h6-8,12-13H,9-11H2,1-5H3/i11D2. The van der Waals surface area contributed by atoms with Gasteiger partial charge in [0.05, 0.1) is 12.2 Å². The molecule has 2 rings (SSSR count). The maximum absolute atomic E-state index is 14.9. The van der Waals surface area contributed by atoms with Crippen LogP contribution in [0.4, 0.5) is 4.39 Å². The van der Waals surface area contributed by atoms with Crippen LogP contribution in [0.25, 0.3) is 0 Å². The molecule has 20 heavy (non-hydrogen) atoms. The lowest BCUT2D eigenvalue weighted by atomic mass is 9.85. The Bertz CT molecular complexity index is 532. The quantitative estimate of drug-likeness (QED) is 0.819. The molecule has 0 radical (unpaired) electrons. The summed E-state index contributed by atoms with van der Waals surface area (Å²) in [5, 5.41) is 0. The number of hydrogen-bond acceptors (Lipinski definition) is 2. The topological polar surface area (TPSA) is 12.5 Å². The number of halogens is 1. The largest absolute Gasteiger partial charge is 0.373 e. The van der Waals surface area contributed by atoms with Gasteiger partial charge in [-0.3, -0.25) is 4.90 Å². The summed E-state index contributed by atoms with van der Waals surface area (Å²) in [5.41, 5.74) is 0.298. The molecule has 1 aliphatic rings. The summed E-state index contributed by atoms with van der Waals surface area (Å²) in [7, 11) is 0. The zero-order valence-electron chi connectivity index (χ0n) is 15.0. The molecular weight excluding hydrogens is 253 g/mol. The Morgan fingerprint density at radius 2 is 1.90 bits per heavy atom. The molecule has 1 heterocycles. The average molecular weight is 281 g/mol. The zero-order valence-corrected chi connectivity index (χ0v) is 13.0. The molecule has 1 saturated heterocycles. The van der Waals surface area contributed by atoms with Crippen molar-refractivity contribution < 1.29 is 11.9 Å². The minimum Gasteiger partial charge on any atom is -0.373 e. The Hall–Kier alpha value is -0.930. The Labute approximate surface area is 124 Å². The second-order valence-corrected chi connectivity index (χ2v) is 6.69. The third kappa shape index (κ3) is 3.58.